The number of aromatic nitrogens is 1. The number of para-hydroxylation sites is 2. The van der Waals surface area contributed by atoms with E-state index in [2.05, 4.69) is 4.98 Å². The molecular formula is C27H28N4O5S2. The van der Waals surface area contributed by atoms with Crippen molar-refractivity contribution in [3.8, 4) is 11.5 Å². The van der Waals surface area contributed by atoms with E-state index in [4.69, 9.17) is 21.4 Å². The number of rotatable bonds is 3. The number of oxazole rings is 1. The number of hydrogen-bond acceptors (Lipinski definition) is 8. The second kappa shape index (κ2) is 10.4. The van der Waals surface area contributed by atoms with Crippen LogP contribution >= 0.6 is 24.0 Å². The van der Waals surface area contributed by atoms with E-state index in [-0.39, 0.29) is 24.3 Å². The van der Waals surface area contributed by atoms with Crippen LogP contribution in [0.4, 0.5) is 10.5 Å². The molecule has 5 rings (SSSR count). The van der Waals surface area contributed by atoms with E-state index in [0.29, 0.717) is 47.7 Å². The Morgan fingerprint density at radius 1 is 1.03 bits per heavy atom. The lowest BCUT2D eigenvalue weighted by atomic mass is 10.2. The summed E-state index contributed by atoms with van der Waals surface area (Å²) in [5, 5.41) is -0.587. The molecular weight excluding hydrogens is 524 g/mol. The van der Waals surface area contributed by atoms with E-state index in [0.717, 1.165) is 11.1 Å². The van der Waals surface area contributed by atoms with Crippen molar-refractivity contribution in [3.63, 3.8) is 0 Å². The predicted molar refractivity (Wildman–Crippen MR) is 150 cm³/mol. The van der Waals surface area contributed by atoms with Crippen molar-refractivity contribution in [1.29, 1.82) is 0 Å². The molecule has 2 saturated heterocycles. The molecule has 0 radical (unpaired) electrons. The first-order valence-corrected chi connectivity index (χ1v) is 13.6. The Labute approximate surface area is 230 Å². The third kappa shape index (κ3) is 5.53. The maximum Gasteiger partial charge on any atom is 0.410 e. The first-order chi connectivity index (χ1) is 18.1. The molecule has 2 fully saturated rings. The number of thioether (sulfide) groups is 1. The van der Waals surface area contributed by atoms with Crippen molar-refractivity contribution in [1.82, 2.24) is 14.8 Å². The van der Waals surface area contributed by atoms with E-state index in [1.54, 1.807) is 29.2 Å². The van der Waals surface area contributed by atoms with E-state index >= 15 is 0 Å². The molecule has 9 nitrogen and oxygen atoms in total. The van der Waals surface area contributed by atoms with Crippen molar-refractivity contribution in [2.45, 2.75) is 38.0 Å². The Morgan fingerprint density at radius 3 is 2.34 bits per heavy atom. The molecule has 3 aromatic rings. The summed E-state index contributed by atoms with van der Waals surface area (Å²) in [5.41, 5.74) is 2.16. The minimum Gasteiger partial charge on any atom is -0.444 e. The molecule has 3 heterocycles. The van der Waals surface area contributed by atoms with Gasteiger partial charge in [0.1, 0.15) is 20.7 Å². The van der Waals surface area contributed by atoms with Gasteiger partial charge < -0.3 is 19.0 Å². The van der Waals surface area contributed by atoms with Crippen LogP contribution in [0.5, 0.6) is 0 Å². The number of hydrogen-bond donors (Lipinski definition) is 0. The highest BCUT2D eigenvalue weighted by molar-refractivity contribution is 8.23. The van der Waals surface area contributed by atoms with Gasteiger partial charge in [-0.2, -0.15) is 0 Å². The van der Waals surface area contributed by atoms with Gasteiger partial charge in [0.15, 0.2) is 5.58 Å². The van der Waals surface area contributed by atoms with Gasteiger partial charge in [0.25, 0.3) is 0 Å². The Kier molecular flexibility index (Phi) is 7.15. The van der Waals surface area contributed by atoms with E-state index in [9.17, 15) is 14.4 Å². The normalized spacial score (nSPS) is 18.4. The largest absolute Gasteiger partial charge is 0.444 e. The van der Waals surface area contributed by atoms with E-state index in [1.807, 2.05) is 49.9 Å². The fraction of sp³-hybridized carbons (Fsp3) is 0.370. The minimum atomic E-state index is -0.587. The summed E-state index contributed by atoms with van der Waals surface area (Å²) in [7, 11) is 0. The van der Waals surface area contributed by atoms with Gasteiger partial charge in [-0.25, -0.2) is 14.7 Å². The fourth-order valence-corrected chi connectivity index (χ4v) is 5.85. The SMILES string of the molecule is CC(C)(C)OC(=O)N1CCN(C(=S)S[C@H]2CC(=O)N(c3ccc(-c4nc5ccccc5o4)cc3)C2=O)CC1. The van der Waals surface area contributed by atoms with Crippen LogP contribution < -0.4 is 4.90 Å². The second-order valence-electron chi connectivity index (χ2n) is 10.1. The summed E-state index contributed by atoms with van der Waals surface area (Å²) in [6.45, 7) is 7.55. The second-order valence-corrected chi connectivity index (χ2v) is 12.0. The molecule has 38 heavy (non-hydrogen) atoms. The van der Waals surface area contributed by atoms with Gasteiger partial charge in [-0.3, -0.25) is 9.59 Å². The summed E-state index contributed by atoms with van der Waals surface area (Å²) < 4.78 is 11.8. The summed E-state index contributed by atoms with van der Waals surface area (Å²) in [6, 6.07) is 14.5. The number of piperazine rings is 1. The van der Waals surface area contributed by atoms with Crippen LogP contribution in [0.15, 0.2) is 52.9 Å². The first kappa shape index (κ1) is 26.2. The summed E-state index contributed by atoms with van der Waals surface area (Å²) in [6.07, 6.45) is -0.265. The number of benzene rings is 2. The van der Waals surface area contributed by atoms with Gasteiger partial charge in [-0.15, -0.1) is 0 Å². The topological polar surface area (TPSA) is 96.2 Å². The average molecular weight is 553 g/mol. The molecule has 0 saturated carbocycles. The van der Waals surface area contributed by atoms with Crippen LogP contribution in [0, 0.1) is 0 Å². The zero-order valence-electron chi connectivity index (χ0n) is 21.4. The van der Waals surface area contributed by atoms with Crippen molar-refractivity contribution in [2.24, 2.45) is 0 Å². The molecule has 2 aliphatic heterocycles. The number of carbonyl (C=O) groups is 3. The molecule has 198 valence electrons. The zero-order valence-corrected chi connectivity index (χ0v) is 23.0. The van der Waals surface area contributed by atoms with Crippen LogP contribution in [0.2, 0.25) is 0 Å². The summed E-state index contributed by atoms with van der Waals surface area (Å²) in [4.78, 5) is 47.6. The fourth-order valence-electron chi connectivity index (χ4n) is 4.31. The number of fused-ring (bicyclic) bond motifs is 1. The van der Waals surface area contributed by atoms with Crippen molar-refractivity contribution >= 4 is 63.0 Å². The maximum atomic E-state index is 13.2. The van der Waals surface area contributed by atoms with Crippen molar-refractivity contribution in [3.05, 3.63) is 48.5 Å². The number of carbonyl (C=O) groups excluding carboxylic acids is 3. The Hall–Kier alpha value is -3.44. The van der Waals surface area contributed by atoms with Crippen LogP contribution in [-0.4, -0.2) is 74.0 Å². The van der Waals surface area contributed by atoms with Crippen molar-refractivity contribution < 1.29 is 23.5 Å². The van der Waals surface area contributed by atoms with Crippen molar-refractivity contribution in [2.75, 3.05) is 31.1 Å². The standard InChI is InChI=1S/C27H28N4O5S2/c1-27(2,3)36-25(34)29-12-14-30(15-13-29)26(37)38-21-16-22(32)31(24(21)33)18-10-8-17(9-11-18)23-28-19-6-4-5-7-20(19)35-23/h4-11,21H,12-16H2,1-3H3/t21-/m0/s1. The summed E-state index contributed by atoms with van der Waals surface area (Å²) >= 11 is 6.83. The molecule has 1 atom stereocenters. The van der Waals surface area contributed by atoms with Crippen LogP contribution in [0.25, 0.3) is 22.6 Å². The lowest BCUT2D eigenvalue weighted by Crippen LogP contribution is -2.51. The highest BCUT2D eigenvalue weighted by Gasteiger charge is 2.41. The average Bonchev–Trinajstić information content (AvgIpc) is 3.43. The number of ether oxygens (including phenoxy) is 1. The van der Waals surface area contributed by atoms with E-state index in [1.165, 1.54) is 16.7 Å². The third-order valence-corrected chi connectivity index (χ3v) is 7.86. The van der Waals surface area contributed by atoms with Gasteiger partial charge in [-0.1, -0.05) is 36.1 Å². The molecule has 3 amide bonds. The molecule has 0 N–H and O–H groups in total. The van der Waals surface area contributed by atoms with Crippen LogP contribution in [-0.2, 0) is 14.3 Å². The number of nitrogens with zero attached hydrogens (tertiary/aromatic N) is 4. The monoisotopic (exact) mass is 552 g/mol. The first-order valence-electron chi connectivity index (χ1n) is 12.4. The Bertz CT molecular complexity index is 1360. The molecule has 2 aliphatic rings. The Balaban J connectivity index is 1.19. The number of imide groups is 1. The lowest BCUT2D eigenvalue weighted by Gasteiger charge is -2.36. The third-order valence-electron chi connectivity index (χ3n) is 6.20. The van der Waals surface area contributed by atoms with Crippen LogP contribution in [0.1, 0.15) is 27.2 Å². The lowest BCUT2D eigenvalue weighted by molar-refractivity contribution is -0.121. The molecule has 0 bridgehead atoms. The number of anilines is 1. The summed E-state index contributed by atoms with van der Waals surface area (Å²) in [5.74, 6) is -0.0774. The highest BCUT2D eigenvalue weighted by Crippen LogP contribution is 2.33. The number of amides is 3. The molecule has 1 aromatic heterocycles. The smallest absolute Gasteiger partial charge is 0.410 e. The molecule has 0 aliphatic carbocycles. The van der Waals surface area contributed by atoms with Crippen LogP contribution in [0.3, 0.4) is 0 Å². The molecule has 11 heteroatoms. The zero-order chi connectivity index (χ0) is 27.0. The molecule has 0 unspecified atom stereocenters. The van der Waals surface area contributed by atoms with Gasteiger partial charge in [0.05, 0.1) is 5.69 Å². The van der Waals surface area contributed by atoms with E-state index < -0.39 is 10.9 Å². The van der Waals surface area contributed by atoms with Gasteiger partial charge in [0.2, 0.25) is 17.7 Å². The van der Waals surface area contributed by atoms with Gasteiger partial charge in [-0.05, 0) is 57.2 Å². The minimum absolute atomic E-state index is 0.0778. The molecule has 0 spiro atoms. The molecule has 2 aromatic carbocycles. The Morgan fingerprint density at radius 2 is 1.68 bits per heavy atom. The predicted octanol–water partition coefficient (Wildman–Crippen LogP) is 4.70. The maximum absolute atomic E-state index is 13.2. The highest BCUT2D eigenvalue weighted by atomic mass is 32.2. The van der Waals surface area contributed by atoms with Gasteiger partial charge in [0, 0.05) is 38.2 Å². The number of thiocarbonyl (C=S) groups is 1. The van der Waals surface area contributed by atoms with Gasteiger partial charge >= 0.3 is 6.09 Å². The quantitative estimate of drug-likeness (QED) is 0.338.